The van der Waals surface area contributed by atoms with Crippen LogP contribution >= 0.6 is 0 Å². The maximum atomic E-state index is 13.7. The van der Waals surface area contributed by atoms with Crippen LogP contribution in [-0.4, -0.2) is 43.0 Å². The SMILES string of the molecule is CNc1c(F)cccc1C(=O)NC1CCN2CCCC12. The minimum atomic E-state index is -0.394. The first-order valence-electron chi connectivity index (χ1n) is 7.22. The van der Waals surface area contributed by atoms with E-state index in [2.05, 4.69) is 15.5 Å². The number of nitrogens with one attached hydrogen (secondary N) is 2. The number of carbonyl (C=O) groups is 1. The first-order chi connectivity index (χ1) is 9.70. The molecule has 2 aliphatic heterocycles. The Kier molecular flexibility index (Phi) is 3.61. The lowest BCUT2D eigenvalue weighted by molar-refractivity contribution is 0.0930. The van der Waals surface area contributed by atoms with Crippen LogP contribution in [-0.2, 0) is 0 Å². The third-order valence-corrected chi connectivity index (χ3v) is 4.43. The summed E-state index contributed by atoms with van der Waals surface area (Å²) in [7, 11) is 1.63. The molecule has 0 saturated carbocycles. The molecule has 2 fully saturated rings. The zero-order valence-corrected chi connectivity index (χ0v) is 11.7. The predicted octanol–water partition coefficient (Wildman–Crippen LogP) is 1.83. The Morgan fingerprint density at radius 3 is 3.00 bits per heavy atom. The van der Waals surface area contributed by atoms with Crippen molar-refractivity contribution in [3.8, 4) is 0 Å². The summed E-state index contributed by atoms with van der Waals surface area (Å²) in [5.41, 5.74) is 0.648. The Labute approximate surface area is 118 Å². The molecule has 2 atom stereocenters. The quantitative estimate of drug-likeness (QED) is 0.886. The van der Waals surface area contributed by atoms with Crippen molar-refractivity contribution in [2.75, 3.05) is 25.5 Å². The third kappa shape index (κ3) is 2.26. The molecule has 5 heteroatoms. The smallest absolute Gasteiger partial charge is 0.253 e. The number of anilines is 1. The van der Waals surface area contributed by atoms with Gasteiger partial charge in [-0.15, -0.1) is 0 Å². The molecule has 4 nitrogen and oxygen atoms in total. The van der Waals surface area contributed by atoms with E-state index in [1.165, 1.54) is 12.5 Å². The molecule has 0 radical (unpaired) electrons. The van der Waals surface area contributed by atoms with Crippen molar-refractivity contribution in [2.45, 2.75) is 31.3 Å². The van der Waals surface area contributed by atoms with Crippen molar-refractivity contribution >= 4 is 11.6 Å². The molecular weight excluding hydrogens is 257 g/mol. The average molecular weight is 277 g/mol. The Hall–Kier alpha value is -1.62. The molecule has 0 aliphatic carbocycles. The number of carbonyl (C=O) groups excluding carboxylic acids is 1. The molecule has 20 heavy (non-hydrogen) atoms. The van der Waals surface area contributed by atoms with Gasteiger partial charge in [-0.3, -0.25) is 9.69 Å². The Morgan fingerprint density at radius 1 is 1.35 bits per heavy atom. The highest BCUT2D eigenvalue weighted by Gasteiger charge is 2.38. The number of amides is 1. The lowest BCUT2D eigenvalue weighted by atomic mass is 10.1. The highest BCUT2D eigenvalue weighted by atomic mass is 19.1. The first kappa shape index (κ1) is 13.4. The lowest BCUT2D eigenvalue weighted by Gasteiger charge is -2.21. The van der Waals surface area contributed by atoms with Crippen LogP contribution in [0.5, 0.6) is 0 Å². The fraction of sp³-hybridized carbons (Fsp3) is 0.533. The second kappa shape index (κ2) is 5.40. The summed E-state index contributed by atoms with van der Waals surface area (Å²) in [5, 5.41) is 5.85. The molecule has 0 spiro atoms. The van der Waals surface area contributed by atoms with E-state index in [1.807, 2.05) is 0 Å². The van der Waals surface area contributed by atoms with E-state index in [1.54, 1.807) is 19.2 Å². The van der Waals surface area contributed by atoms with Crippen LogP contribution in [0.25, 0.3) is 0 Å². The lowest BCUT2D eigenvalue weighted by Crippen LogP contribution is -2.42. The number of hydrogen-bond acceptors (Lipinski definition) is 3. The van der Waals surface area contributed by atoms with Gasteiger partial charge < -0.3 is 10.6 Å². The molecule has 1 amide bonds. The van der Waals surface area contributed by atoms with E-state index >= 15 is 0 Å². The number of benzene rings is 1. The number of halogens is 1. The summed E-state index contributed by atoms with van der Waals surface area (Å²) in [6.45, 7) is 2.19. The summed E-state index contributed by atoms with van der Waals surface area (Å²) in [6, 6.07) is 5.24. The topological polar surface area (TPSA) is 44.4 Å². The molecule has 2 heterocycles. The van der Waals surface area contributed by atoms with Gasteiger partial charge in [-0.1, -0.05) is 6.07 Å². The van der Waals surface area contributed by atoms with Gasteiger partial charge in [-0.05, 0) is 37.9 Å². The van der Waals surface area contributed by atoms with Gasteiger partial charge in [-0.25, -0.2) is 4.39 Å². The Morgan fingerprint density at radius 2 is 2.20 bits per heavy atom. The molecule has 2 N–H and O–H groups in total. The number of para-hydroxylation sites is 1. The second-order valence-corrected chi connectivity index (χ2v) is 5.53. The molecule has 2 aliphatic rings. The van der Waals surface area contributed by atoms with Gasteiger partial charge >= 0.3 is 0 Å². The number of hydrogen-bond donors (Lipinski definition) is 2. The maximum Gasteiger partial charge on any atom is 0.253 e. The minimum absolute atomic E-state index is 0.187. The molecule has 0 bridgehead atoms. The van der Waals surface area contributed by atoms with E-state index < -0.39 is 5.82 Å². The largest absolute Gasteiger partial charge is 0.385 e. The van der Waals surface area contributed by atoms with Crippen LogP contribution in [0.3, 0.4) is 0 Å². The number of rotatable bonds is 3. The van der Waals surface area contributed by atoms with Crippen LogP contribution in [0.1, 0.15) is 29.6 Å². The average Bonchev–Trinajstić information content (AvgIpc) is 3.03. The van der Waals surface area contributed by atoms with E-state index in [-0.39, 0.29) is 17.6 Å². The van der Waals surface area contributed by atoms with Crippen molar-refractivity contribution < 1.29 is 9.18 Å². The van der Waals surface area contributed by atoms with Gasteiger partial charge in [0, 0.05) is 25.7 Å². The van der Waals surface area contributed by atoms with Crippen LogP contribution in [0, 0.1) is 5.82 Å². The number of nitrogens with zero attached hydrogens (tertiary/aromatic N) is 1. The summed E-state index contributed by atoms with van der Waals surface area (Å²) >= 11 is 0. The maximum absolute atomic E-state index is 13.7. The van der Waals surface area contributed by atoms with Crippen molar-refractivity contribution in [1.82, 2.24) is 10.2 Å². The van der Waals surface area contributed by atoms with Gasteiger partial charge in [0.2, 0.25) is 0 Å². The van der Waals surface area contributed by atoms with Crippen molar-refractivity contribution in [3.05, 3.63) is 29.6 Å². The standard InChI is InChI=1S/C15H20FN3O/c1-17-14-10(4-2-5-11(14)16)15(20)18-12-7-9-19-8-3-6-13(12)19/h2,4-5,12-13,17H,3,6-9H2,1H3,(H,18,20). The van der Waals surface area contributed by atoms with E-state index in [0.29, 0.717) is 11.6 Å². The van der Waals surface area contributed by atoms with E-state index in [4.69, 9.17) is 0 Å². The minimum Gasteiger partial charge on any atom is -0.385 e. The normalized spacial score (nSPS) is 25.5. The van der Waals surface area contributed by atoms with Gasteiger partial charge in [0.25, 0.3) is 5.91 Å². The highest BCUT2D eigenvalue weighted by molar-refractivity contribution is 5.99. The highest BCUT2D eigenvalue weighted by Crippen LogP contribution is 2.28. The monoisotopic (exact) mass is 277 g/mol. The van der Waals surface area contributed by atoms with Gasteiger partial charge in [0.05, 0.1) is 11.3 Å². The molecule has 1 aromatic rings. The van der Waals surface area contributed by atoms with Crippen LogP contribution in [0.15, 0.2) is 18.2 Å². The molecule has 2 unspecified atom stereocenters. The van der Waals surface area contributed by atoms with Crippen molar-refractivity contribution in [2.24, 2.45) is 0 Å². The van der Waals surface area contributed by atoms with Gasteiger partial charge in [-0.2, -0.15) is 0 Å². The Bertz CT molecular complexity index is 520. The van der Waals surface area contributed by atoms with Gasteiger partial charge in [0.15, 0.2) is 0 Å². The van der Waals surface area contributed by atoms with Crippen molar-refractivity contribution in [1.29, 1.82) is 0 Å². The Balaban J connectivity index is 1.75. The van der Waals surface area contributed by atoms with Crippen LogP contribution in [0.4, 0.5) is 10.1 Å². The molecule has 1 aromatic carbocycles. The number of fused-ring (bicyclic) bond motifs is 1. The summed E-state index contributed by atoms with van der Waals surface area (Å²) in [6.07, 6.45) is 3.34. The fourth-order valence-electron chi connectivity index (χ4n) is 3.46. The molecular formula is C15H20FN3O. The molecule has 108 valence electrons. The zero-order chi connectivity index (χ0) is 14.1. The summed E-state index contributed by atoms with van der Waals surface area (Å²) in [4.78, 5) is 14.8. The molecule has 0 aromatic heterocycles. The second-order valence-electron chi connectivity index (χ2n) is 5.53. The van der Waals surface area contributed by atoms with E-state index in [0.717, 1.165) is 25.9 Å². The zero-order valence-electron chi connectivity index (χ0n) is 11.7. The van der Waals surface area contributed by atoms with Gasteiger partial charge in [0.1, 0.15) is 5.82 Å². The van der Waals surface area contributed by atoms with Crippen LogP contribution in [0.2, 0.25) is 0 Å². The molecule has 3 rings (SSSR count). The third-order valence-electron chi connectivity index (χ3n) is 4.43. The predicted molar refractivity (Wildman–Crippen MR) is 76.4 cm³/mol. The summed E-state index contributed by atoms with van der Waals surface area (Å²) < 4.78 is 13.7. The van der Waals surface area contributed by atoms with Crippen molar-refractivity contribution in [3.63, 3.8) is 0 Å². The fourth-order valence-corrected chi connectivity index (χ4v) is 3.46. The van der Waals surface area contributed by atoms with E-state index in [9.17, 15) is 9.18 Å². The first-order valence-corrected chi connectivity index (χ1v) is 7.22. The van der Waals surface area contributed by atoms with Crippen LogP contribution < -0.4 is 10.6 Å². The summed E-state index contributed by atoms with van der Waals surface area (Å²) in [5.74, 6) is -0.582. The molecule has 2 saturated heterocycles.